The van der Waals surface area contributed by atoms with Crippen molar-refractivity contribution in [2.75, 3.05) is 6.54 Å². The lowest BCUT2D eigenvalue weighted by Crippen LogP contribution is -2.26. The van der Waals surface area contributed by atoms with Crippen molar-refractivity contribution in [3.05, 3.63) is 60.7 Å². The van der Waals surface area contributed by atoms with Gasteiger partial charge < -0.3 is 4.42 Å². The van der Waals surface area contributed by atoms with Crippen LogP contribution in [0, 0.1) is 0 Å². The molecule has 0 unspecified atom stereocenters. The van der Waals surface area contributed by atoms with Crippen LogP contribution in [0.25, 0.3) is 11.5 Å². The molecule has 23 heavy (non-hydrogen) atoms. The van der Waals surface area contributed by atoms with Gasteiger partial charge in [-0.3, -0.25) is 4.98 Å². The second-order valence-corrected chi connectivity index (χ2v) is 6.47. The van der Waals surface area contributed by atoms with E-state index in [1.165, 1.54) is 12.1 Å². The van der Waals surface area contributed by atoms with E-state index >= 15 is 0 Å². The summed E-state index contributed by atoms with van der Waals surface area (Å²) in [5.74, 6) is 0.721. The molecule has 0 fully saturated rings. The zero-order valence-corrected chi connectivity index (χ0v) is 12.9. The van der Waals surface area contributed by atoms with E-state index in [1.54, 1.807) is 36.7 Å². The topological polar surface area (TPSA) is 98.0 Å². The Morgan fingerprint density at radius 2 is 1.87 bits per heavy atom. The van der Waals surface area contributed by atoms with Crippen molar-refractivity contribution in [3.63, 3.8) is 0 Å². The van der Waals surface area contributed by atoms with E-state index in [4.69, 9.17) is 4.42 Å². The Balaban J connectivity index is 1.61. The molecule has 0 saturated carbocycles. The number of aromatic nitrogens is 3. The highest BCUT2D eigenvalue weighted by Gasteiger charge is 2.14. The van der Waals surface area contributed by atoms with Gasteiger partial charge in [-0.25, -0.2) is 13.1 Å². The van der Waals surface area contributed by atoms with Crippen molar-refractivity contribution in [3.8, 4) is 11.5 Å². The predicted molar refractivity (Wildman–Crippen MR) is 82.9 cm³/mol. The first-order valence-electron chi connectivity index (χ1n) is 6.93. The maximum absolute atomic E-state index is 12.1. The lowest BCUT2D eigenvalue weighted by Gasteiger charge is -2.04. The van der Waals surface area contributed by atoms with Gasteiger partial charge in [0.25, 0.3) is 0 Å². The summed E-state index contributed by atoms with van der Waals surface area (Å²) >= 11 is 0. The highest BCUT2D eigenvalue weighted by molar-refractivity contribution is 7.89. The van der Waals surface area contributed by atoms with Crippen LogP contribution in [-0.2, 0) is 16.4 Å². The molecule has 0 aliphatic rings. The van der Waals surface area contributed by atoms with Crippen LogP contribution in [0.2, 0.25) is 0 Å². The Hall–Kier alpha value is -2.58. The maximum atomic E-state index is 12.1. The zero-order valence-electron chi connectivity index (χ0n) is 12.1. The molecule has 3 rings (SSSR count). The van der Waals surface area contributed by atoms with E-state index in [1.807, 2.05) is 6.07 Å². The van der Waals surface area contributed by atoms with Gasteiger partial charge in [0.15, 0.2) is 0 Å². The number of hydrogen-bond donors (Lipinski definition) is 1. The molecule has 2 aromatic heterocycles. The van der Waals surface area contributed by atoms with E-state index in [2.05, 4.69) is 19.9 Å². The molecule has 118 valence electrons. The van der Waals surface area contributed by atoms with Crippen molar-refractivity contribution >= 4 is 10.0 Å². The fraction of sp³-hybridized carbons (Fsp3) is 0.133. The van der Waals surface area contributed by atoms with Crippen LogP contribution in [0.1, 0.15) is 5.89 Å². The predicted octanol–water partition coefficient (Wildman–Crippen LogP) is 1.65. The third-order valence-electron chi connectivity index (χ3n) is 3.06. The molecule has 1 N–H and O–H groups in total. The molecule has 0 spiro atoms. The minimum Gasteiger partial charge on any atom is -0.421 e. The van der Waals surface area contributed by atoms with Gasteiger partial charge in [0, 0.05) is 25.4 Å². The summed E-state index contributed by atoms with van der Waals surface area (Å²) < 4.78 is 32.1. The number of benzene rings is 1. The Morgan fingerprint density at radius 1 is 1.04 bits per heavy atom. The van der Waals surface area contributed by atoms with Gasteiger partial charge >= 0.3 is 0 Å². The van der Waals surface area contributed by atoms with Crippen molar-refractivity contribution < 1.29 is 12.8 Å². The summed E-state index contributed by atoms with van der Waals surface area (Å²) in [6.45, 7) is 0.173. The first-order chi connectivity index (χ1) is 11.1. The van der Waals surface area contributed by atoms with E-state index in [-0.39, 0.29) is 11.4 Å². The minimum absolute atomic E-state index is 0.173. The third kappa shape index (κ3) is 3.79. The molecule has 2 heterocycles. The minimum atomic E-state index is -3.53. The monoisotopic (exact) mass is 330 g/mol. The largest absolute Gasteiger partial charge is 0.421 e. The van der Waals surface area contributed by atoms with Crippen LogP contribution in [-0.4, -0.2) is 30.1 Å². The second-order valence-electron chi connectivity index (χ2n) is 4.70. The number of nitrogens with zero attached hydrogens (tertiary/aromatic N) is 3. The Labute approximate surface area is 133 Å². The summed E-state index contributed by atoms with van der Waals surface area (Å²) in [6, 6.07) is 11.8. The lowest BCUT2D eigenvalue weighted by molar-refractivity contribution is 0.501. The smallest absolute Gasteiger partial charge is 0.249 e. The van der Waals surface area contributed by atoms with E-state index in [0.29, 0.717) is 18.2 Å². The van der Waals surface area contributed by atoms with Crippen molar-refractivity contribution in [2.45, 2.75) is 11.3 Å². The Bertz CT molecular complexity index is 864. The molecule has 7 nitrogen and oxygen atoms in total. The van der Waals surface area contributed by atoms with Gasteiger partial charge in [0.2, 0.25) is 21.8 Å². The normalized spacial score (nSPS) is 11.5. The number of hydrogen-bond acceptors (Lipinski definition) is 6. The Morgan fingerprint density at radius 3 is 2.61 bits per heavy atom. The molecular formula is C15H14N4O3S. The van der Waals surface area contributed by atoms with Crippen LogP contribution in [0.3, 0.4) is 0 Å². The van der Waals surface area contributed by atoms with E-state index in [0.717, 1.165) is 5.56 Å². The second kappa shape index (κ2) is 6.67. The average molecular weight is 330 g/mol. The lowest BCUT2D eigenvalue weighted by atomic mass is 10.3. The van der Waals surface area contributed by atoms with Gasteiger partial charge in [0.1, 0.15) is 0 Å². The van der Waals surface area contributed by atoms with Crippen LogP contribution in [0.5, 0.6) is 0 Å². The standard InChI is InChI=1S/C15H14N4O3S/c20-23(21,13-6-2-1-3-7-13)17-10-8-14-18-19-15(22-14)12-5-4-9-16-11-12/h1-7,9,11,17H,8,10H2. The highest BCUT2D eigenvalue weighted by atomic mass is 32.2. The summed E-state index contributed by atoms with van der Waals surface area (Å²) in [6.07, 6.45) is 3.58. The molecule has 3 aromatic rings. The molecule has 0 saturated heterocycles. The van der Waals surface area contributed by atoms with Gasteiger partial charge in [-0.1, -0.05) is 18.2 Å². The molecular weight excluding hydrogens is 316 g/mol. The van der Waals surface area contributed by atoms with Crippen LogP contribution in [0.4, 0.5) is 0 Å². The fourth-order valence-electron chi connectivity index (χ4n) is 1.94. The van der Waals surface area contributed by atoms with Crippen molar-refractivity contribution in [1.29, 1.82) is 0 Å². The summed E-state index contributed by atoms with van der Waals surface area (Å²) in [5, 5.41) is 7.83. The molecule has 0 radical (unpaired) electrons. The number of nitrogens with one attached hydrogen (secondary N) is 1. The van der Waals surface area contributed by atoms with Crippen molar-refractivity contribution in [2.24, 2.45) is 0 Å². The summed E-state index contributed by atoms with van der Waals surface area (Å²) in [4.78, 5) is 4.20. The number of pyridine rings is 1. The van der Waals surface area contributed by atoms with E-state index < -0.39 is 10.0 Å². The SMILES string of the molecule is O=S(=O)(NCCc1nnc(-c2cccnc2)o1)c1ccccc1. The molecule has 1 aromatic carbocycles. The van der Waals surface area contributed by atoms with Crippen LogP contribution in [0.15, 0.2) is 64.2 Å². The quantitative estimate of drug-likeness (QED) is 0.738. The van der Waals surface area contributed by atoms with Crippen LogP contribution >= 0.6 is 0 Å². The maximum Gasteiger partial charge on any atom is 0.249 e. The van der Waals surface area contributed by atoms with Crippen LogP contribution < -0.4 is 4.72 Å². The zero-order chi connectivity index (χ0) is 16.1. The van der Waals surface area contributed by atoms with Gasteiger partial charge in [-0.05, 0) is 24.3 Å². The first kappa shape index (κ1) is 15.3. The molecule has 8 heteroatoms. The first-order valence-corrected chi connectivity index (χ1v) is 8.41. The van der Waals surface area contributed by atoms with Crippen molar-refractivity contribution in [1.82, 2.24) is 19.9 Å². The summed E-state index contributed by atoms with van der Waals surface area (Å²) in [5.41, 5.74) is 0.719. The molecule has 0 bridgehead atoms. The average Bonchev–Trinajstić information content (AvgIpc) is 3.05. The highest BCUT2D eigenvalue weighted by Crippen LogP contribution is 2.16. The number of rotatable bonds is 6. The third-order valence-corrected chi connectivity index (χ3v) is 4.54. The van der Waals surface area contributed by atoms with Gasteiger partial charge in [-0.2, -0.15) is 0 Å². The molecule has 0 aliphatic carbocycles. The van der Waals surface area contributed by atoms with Gasteiger partial charge in [0.05, 0.1) is 10.5 Å². The summed E-state index contributed by atoms with van der Waals surface area (Å²) in [7, 11) is -3.53. The molecule has 0 amide bonds. The molecule has 0 aliphatic heterocycles. The molecule has 0 atom stereocenters. The fourth-order valence-corrected chi connectivity index (χ4v) is 2.99. The van der Waals surface area contributed by atoms with Gasteiger partial charge in [-0.15, -0.1) is 10.2 Å². The van der Waals surface area contributed by atoms with E-state index in [9.17, 15) is 8.42 Å². The number of sulfonamides is 1. The Kier molecular flexibility index (Phi) is 4.45.